The molecule has 0 atom stereocenters. The zero-order valence-electron chi connectivity index (χ0n) is 7.57. The van der Waals surface area contributed by atoms with E-state index < -0.39 is 10.0 Å². The van der Waals surface area contributed by atoms with Gasteiger partial charge < -0.3 is 5.11 Å². The smallest absolute Gasteiger partial charge is 0.233 e. The van der Waals surface area contributed by atoms with Crippen molar-refractivity contribution in [1.29, 1.82) is 0 Å². The van der Waals surface area contributed by atoms with Gasteiger partial charge in [0, 0.05) is 5.88 Å². The lowest BCUT2D eigenvalue weighted by molar-refractivity contribution is 0.475. The molecule has 0 spiro atoms. The molecule has 0 aliphatic carbocycles. The Balaban J connectivity index is 2.86. The van der Waals surface area contributed by atoms with Gasteiger partial charge in [-0.2, -0.15) is 0 Å². The van der Waals surface area contributed by atoms with Crippen LogP contribution in [0.15, 0.2) is 18.2 Å². The van der Waals surface area contributed by atoms with Crippen LogP contribution in [0.4, 0.5) is 5.69 Å². The SMILES string of the molecule is O=S(=O)(CCCl)Nc1ccc(O)c(Cl)c1. The van der Waals surface area contributed by atoms with Crippen molar-refractivity contribution < 1.29 is 13.5 Å². The average Bonchev–Trinajstić information content (AvgIpc) is 2.10. The van der Waals surface area contributed by atoms with Gasteiger partial charge in [-0.05, 0) is 18.2 Å². The number of phenols is 1. The zero-order chi connectivity index (χ0) is 11.5. The monoisotopic (exact) mass is 269 g/mol. The van der Waals surface area contributed by atoms with Gasteiger partial charge in [-0.25, -0.2) is 8.42 Å². The van der Waals surface area contributed by atoms with Gasteiger partial charge in [0.15, 0.2) is 0 Å². The highest BCUT2D eigenvalue weighted by Gasteiger charge is 2.10. The lowest BCUT2D eigenvalue weighted by Crippen LogP contribution is -2.17. The molecule has 4 nitrogen and oxygen atoms in total. The topological polar surface area (TPSA) is 66.4 Å². The molecular weight excluding hydrogens is 261 g/mol. The number of sulfonamides is 1. The van der Waals surface area contributed by atoms with E-state index in [1.54, 1.807) is 0 Å². The van der Waals surface area contributed by atoms with E-state index in [-0.39, 0.29) is 22.4 Å². The number of alkyl halides is 1. The summed E-state index contributed by atoms with van der Waals surface area (Å²) in [5, 5.41) is 9.20. The molecule has 1 aromatic rings. The first-order chi connectivity index (χ1) is 6.94. The number of rotatable bonds is 4. The number of nitrogens with one attached hydrogen (secondary N) is 1. The second-order valence-corrected chi connectivity index (χ2v) is 5.40. The third-order valence-corrected chi connectivity index (χ3v) is 3.57. The first-order valence-corrected chi connectivity index (χ1v) is 6.56. The first-order valence-electron chi connectivity index (χ1n) is 3.99. The van der Waals surface area contributed by atoms with E-state index >= 15 is 0 Å². The molecule has 1 rings (SSSR count). The standard InChI is InChI=1S/C8H9Cl2NO3S/c9-3-4-15(13,14)11-6-1-2-8(12)7(10)5-6/h1-2,5,11-12H,3-4H2. The van der Waals surface area contributed by atoms with Crippen LogP contribution in [0.2, 0.25) is 5.02 Å². The Morgan fingerprint density at radius 3 is 2.60 bits per heavy atom. The minimum absolute atomic E-state index is 0.0150. The zero-order valence-corrected chi connectivity index (χ0v) is 9.90. The van der Waals surface area contributed by atoms with Crippen molar-refractivity contribution in [1.82, 2.24) is 0 Å². The quantitative estimate of drug-likeness (QED) is 0.649. The number of halogens is 2. The van der Waals surface area contributed by atoms with E-state index in [4.69, 9.17) is 28.3 Å². The molecule has 1 aromatic carbocycles. The largest absolute Gasteiger partial charge is 0.506 e. The van der Waals surface area contributed by atoms with E-state index in [0.29, 0.717) is 5.69 Å². The molecule has 15 heavy (non-hydrogen) atoms. The summed E-state index contributed by atoms with van der Waals surface area (Å²) in [6.07, 6.45) is 0. The molecule has 0 heterocycles. The number of aromatic hydroxyl groups is 1. The maximum Gasteiger partial charge on any atom is 0.233 e. The molecule has 0 fully saturated rings. The van der Waals surface area contributed by atoms with Gasteiger partial charge in [0.1, 0.15) is 5.75 Å². The molecule has 0 unspecified atom stereocenters. The van der Waals surface area contributed by atoms with Gasteiger partial charge in [-0.15, -0.1) is 11.6 Å². The third-order valence-electron chi connectivity index (χ3n) is 1.57. The molecule has 0 saturated carbocycles. The Labute approximate surface area is 97.9 Å². The van der Waals surface area contributed by atoms with Crippen molar-refractivity contribution in [2.75, 3.05) is 16.4 Å². The van der Waals surface area contributed by atoms with Crippen molar-refractivity contribution in [3.8, 4) is 5.75 Å². The molecule has 0 saturated heterocycles. The summed E-state index contributed by atoms with van der Waals surface area (Å²) in [4.78, 5) is 0. The summed E-state index contributed by atoms with van der Waals surface area (Å²) in [5.41, 5.74) is 0.294. The van der Waals surface area contributed by atoms with E-state index in [2.05, 4.69) is 4.72 Å². The predicted molar refractivity (Wildman–Crippen MR) is 61.2 cm³/mol. The van der Waals surface area contributed by atoms with Crippen LogP contribution in [-0.4, -0.2) is 25.2 Å². The van der Waals surface area contributed by atoms with Crippen LogP contribution < -0.4 is 4.72 Å². The number of hydrogen-bond acceptors (Lipinski definition) is 3. The Bertz CT molecular complexity index is 447. The van der Waals surface area contributed by atoms with E-state index in [9.17, 15) is 8.42 Å². The summed E-state index contributed by atoms with van der Waals surface area (Å²) >= 11 is 10.9. The summed E-state index contributed by atoms with van der Waals surface area (Å²) in [6.45, 7) is 0. The van der Waals surface area contributed by atoms with Crippen LogP contribution in [0.25, 0.3) is 0 Å². The summed E-state index contributed by atoms with van der Waals surface area (Å²) in [6, 6.07) is 4.04. The molecule has 0 aliphatic heterocycles. The number of phenolic OH excluding ortho intramolecular Hbond substituents is 1. The summed E-state index contributed by atoms with van der Waals surface area (Å²) in [5.74, 6) is -0.259. The number of hydrogen-bond donors (Lipinski definition) is 2. The number of anilines is 1. The van der Waals surface area contributed by atoms with Gasteiger partial charge >= 0.3 is 0 Å². The van der Waals surface area contributed by atoms with Gasteiger partial charge in [-0.1, -0.05) is 11.6 Å². The maximum atomic E-state index is 11.3. The lowest BCUT2D eigenvalue weighted by atomic mass is 10.3. The molecule has 84 valence electrons. The fraction of sp³-hybridized carbons (Fsp3) is 0.250. The summed E-state index contributed by atoms with van der Waals surface area (Å²) in [7, 11) is -3.44. The Kier molecular flexibility index (Phi) is 4.07. The van der Waals surface area contributed by atoms with Gasteiger partial charge in [0.05, 0.1) is 16.5 Å². The Hall–Kier alpha value is -0.650. The third kappa shape index (κ3) is 3.77. The molecule has 0 radical (unpaired) electrons. The highest BCUT2D eigenvalue weighted by atomic mass is 35.5. The van der Waals surface area contributed by atoms with E-state index in [1.165, 1.54) is 18.2 Å². The summed E-state index contributed by atoms with van der Waals surface area (Å²) < 4.78 is 24.9. The average molecular weight is 270 g/mol. The van der Waals surface area contributed by atoms with E-state index in [1.807, 2.05) is 0 Å². The molecule has 0 bridgehead atoms. The molecule has 0 amide bonds. The van der Waals surface area contributed by atoms with Crippen LogP contribution in [-0.2, 0) is 10.0 Å². The van der Waals surface area contributed by atoms with Crippen LogP contribution in [0, 0.1) is 0 Å². The van der Waals surface area contributed by atoms with Crippen LogP contribution in [0.5, 0.6) is 5.75 Å². The predicted octanol–water partition coefficient (Wildman–Crippen LogP) is 2.03. The highest BCUT2D eigenvalue weighted by molar-refractivity contribution is 7.92. The normalized spacial score (nSPS) is 11.3. The minimum Gasteiger partial charge on any atom is -0.506 e. The van der Waals surface area contributed by atoms with Gasteiger partial charge in [0.25, 0.3) is 0 Å². The first kappa shape index (κ1) is 12.4. The van der Waals surface area contributed by atoms with E-state index in [0.717, 1.165) is 0 Å². The fourth-order valence-corrected chi connectivity index (χ4v) is 2.48. The van der Waals surface area contributed by atoms with Crippen molar-refractivity contribution in [3.63, 3.8) is 0 Å². The Morgan fingerprint density at radius 2 is 2.07 bits per heavy atom. The van der Waals surface area contributed by atoms with Gasteiger partial charge in [-0.3, -0.25) is 4.72 Å². The second-order valence-electron chi connectivity index (χ2n) is 2.78. The fourth-order valence-electron chi connectivity index (χ4n) is 0.903. The van der Waals surface area contributed by atoms with Crippen molar-refractivity contribution in [2.45, 2.75) is 0 Å². The second kappa shape index (κ2) is 4.92. The van der Waals surface area contributed by atoms with Crippen LogP contribution in [0.3, 0.4) is 0 Å². The minimum atomic E-state index is -3.44. The molecule has 0 aromatic heterocycles. The molecule has 0 aliphatic rings. The number of benzene rings is 1. The molecule has 7 heteroatoms. The lowest BCUT2D eigenvalue weighted by Gasteiger charge is -2.07. The molecular formula is C8H9Cl2NO3S. The Morgan fingerprint density at radius 1 is 1.40 bits per heavy atom. The van der Waals surface area contributed by atoms with Crippen LogP contribution >= 0.6 is 23.2 Å². The van der Waals surface area contributed by atoms with Crippen LogP contribution in [0.1, 0.15) is 0 Å². The molecule has 2 N–H and O–H groups in total. The highest BCUT2D eigenvalue weighted by Crippen LogP contribution is 2.26. The van der Waals surface area contributed by atoms with Crippen molar-refractivity contribution in [2.24, 2.45) is 0 Å². The van der Waals surface area contributed by atoms with Crippen molar-refractivity contribution in [3.05, 3.63) is 23.2 Å². The van der Waals surface area contributed by atoms with Gasteiger partial charge in [0.2, 0.25) is 10.0 Å². The van der Waals surface area contributed by atoms with Crippen molar-refractivity contribution >= 4 is 38.9 Å². The maximum absolute atomic E-state index is 11.3.